The van der Waals surface area contributed by atoms with E-state index in [0.717, 1.165) is 5.56 Å². The van der Waals surface area contributed by atoms with Gasteiger partial charge in [-0.15, -0.1) is 10.2 Å². The topological polar surface area (TPSA) is 38.9 Å². The standard InChI is InChI=1S/C16H10ClFN2O/c17-13-5-1-3-11(9-13)7-8-15-19-20-16(21-15)12-4-2-6-14(18)10-12/h1-10H/b8-7+. The summed E-state index contributed by atoms with van der Waals surface area (Å²) in [5.41, 5.74) is 1.47. The molecule has 0 spiro atoms. The molecule has 0 amide bonds. The molecule has 0 bridgehead atoms. The molecule has 1 aromatic heterocycles. The lowest BCUT2D eigenvalue weighted by Crippen LogP contribution is -1.79. The highest BCUT2D eigenvalue weighted by molar-refractivity contribution is 6.30. The molecule has 0 N–H and O–H groups in total. The van der Waals surface area contributed by atoms with Crippen molar-refractivity contribution in [1.82, 2.24) is 10.2 Å². The summed E-state index contributed by atoms with van der Waals surface area (Å²) in [4.78, 5) is 0. The van der Waals surface area contributed by atoms with Gasteiger partial charge < -0.3 is 4.42 Å². The zero-order chi connectivity index (χ0) is 14.7. The number of benzene rings is 2. The molecule has 104 valence electrons. The average Bonchev–Trinajstić information content (AvgIpc) is 2.94. The molecule has 3 aromatic rings. The second-order valence-electron chi connectivity index (χ2n) is 4.34. The van der Waals surface area contributed by atoms with Crippen molar-refractivity contribution in [3.63, 3.8) is 0 Å². The summed E-state index contributed by atoms with van der Waals surface area (Å²) in [6.45, 7) is 0. The van der Waals surface area contributed by atoms with Crippen LogP contribution in [0.15, 0.2) is 52.9 Å². The first-order chi connectivity index (χ1) is 10.2. The van der Waals surface area contributed by atoms with Crippen molar-refractivity contribution in [3.8, 4) is 11.5 Å². The van der Waals surface area contributed by atoms with Gasteiger partial charge >= 0.3 is 0 Å². The van der Waals surface area contributed by atoms with E-state index in [1.807, 2.05) is 24.3 Å². The van der Waals surface area contributed by atoms with Gasteiger partial charge in [0.05, 0.1) is 0 Å². The summed E-state index contributed by atoms with van der Waals surface area (Å²) in [6, 6.07) is 13.4. The molecule has 0 saturated heterocycles. The molecule has 5 heteroatoms. The predicted octanol–water partition coefficient (Wildman–Crippen LogP) is 4.70. The Kier molecular flexibility index (Phi) is 3.79. The summed E-state index contributed by atoms with van der Waals surface area (Å²) in [5.74, 6) is 0.274. The van der Waals surface area contributed by atoms with Crippen LogP contribution >= 0.6 is 11.6 Å². The second kappa shape index (κ2) is 5.89. The van der Waals surface area contributed by atoms with E-state index in [-0.39, 0.29) is 11.7 Å². The molecular formula is C16H10ClFN2O. The third-order valence-electron chi connectivity index (χ3n) is 2.78. The monoisotopic (exact) mass is 300 g/mol. The first-order valence-electron chi connectivity index (χ1n) is 6.24. The van der Waals surface area contributed by atoms with Gasteiger partial charge in [-0.3, -0.25) is 0 Å². The van der Waals surface area contributed by atoms with Gasteiger partial charge in [0, 0.05) is 16.7 Å². The molecule has 2 aromatic carbocycles. The normalized spacial score (nSPS) is 11.1. The van der Waals surface area contributed by atoms with E-state index in [2.05, 4.69) is 10.2 Å². The van der Waals surface area contributed by atoms with E-state index >= 15 is 0 Å². The maximum absolute atomic E-state index is 13.2. The molecule has 0 radical (unpaired) electrons. The molecule has 0 unspecified atom stereocenters. The fourth-order valence-electron chi connectivity index (χ4n) is 1.82. The molecule has 0 aliphatic heterocycles. The van der Waals surface area contributed by atoms with Crippen LogP contribution in [0.4, 0.5) is 4.39 Å². The number of nitrogens with zero attached hydrogens (tertiary/aromatic N) is 2. The van der Waals surface area contributed by atoms with Crippen LogP contribution in [0.25, 0.3) is 23.6 Å². The van der Waals surface area contributed by atoms with E-state index < -0.39 is 0 Å². The van der Waals surface area contributed by atoms with Crippen molar-refractivity contribution in [2.75, 3.05) is 0 Å². The number of rotatable bonds is 3. The van der Waals surface area contributed by atoms with E-state index in [1.54, 1.807) is 24.3 Å². The Bertz CT molecular complexity index is 798. The van der Waals surface area contributed by atoms with Crippen LogP contribution < -0.4 is 0 Å². The highest BCUT2D eigenvalue weighted by atomic mass is 35.5. The Morgan fingerprint density at radius 2 is 1.86 bits per heavy atom. The lowest BCUT2D eigenvalue weighted by atomic mass is 10.2. The maximum atomic E-state index is 13.2. The Hall–Kier alpha value is -2.46. The van der Waals surface area contributed by atoms with Crippen LogP contribution in [0.5, 0.6) is 0 Å². The van der Waals surface area contributed by atoms with Gasteiger partial charge in [0.15, 0.2) is 0 Å². The fraction of sp³-hybridized carbons (Fsp3) is 0. The first kappa shape index (κ1) is 13.5. The average molecular weight is 301 g/mol. The van der Waals surface area contributed by atoms with Crippen LogP contribution in [0, 0.1) is 5.82 Å². The largest absolute Gasteiger partial charge is 0.417 e. The Morgan fingerprint density at radius 1 is 1.00 bits per heavy atom. The van der Waals surface area contributed by atoms with Crippen LogP contribution in [-0.4, -0.2) is 10.2 Å². The smallest absolute Gasteiger partial charge is 0.248 e. The van der Waals surface area contributed by atoms with Gasteiger partial charge in [-0.25, -0.2) is 4.39 Å². The molecule has 0 aliphatic rings. The first-order valence-corrected chi connectivity index (χ1v) is 6.61. The van der Waals surface area contributed by atoms with Crippen molar-refractivity contribution < 1.29 is 8.81 Å². The van der Waals surface area contributed by atoms with Gasteiger partial charge in [0.2, 0.25) is 11.8 Å². The lowest BCUT2D eigenvalue weighted by molar-refractivity contribution is 0.556. The number of hydrogen-bond acceptors (Lipinski definition) is 3. The number of aromatic nitrogens is 2. The van der Waals surface area contributed by atoms with E-state index in [9.17, 15) is 4.39 Å². The van der Waals surface area contributed by atoms with Crippen LogP contribution in [-0.2, 0) is 0 Å². The third-order valence-corrected chi connectivity index (χ3v) is 3.01. The summed E-state index contributed by atoms with van der Waals surface area (Å²) in [6.07, 6.45) is 3.50. The SMILES string of the molecule is Fc1cccc(-c2nnc(/C=C/c3cccc(Cl)c3)o2)c1. The Morgan fingerprint density at radius 3 is 2.67 bits per heavy atom. The van der Waals surface area contributed by atoms with E-state index in [0.29, 0.717) is 16.5 Å². The molecule has 3 nitrogen and oxygen atoms in total. The molecule has 0 aliphatic carbocycles. The number of hydrogen-bond donors (Lipinski definition) is 0. The quantitative estimate of drug-likeness (QED) is 0.704. The second-order valence-corrected chi connectivity index (χ2v) is 4.78. The van der Waals surface area contributed by atoms with Gasteiger partial charge in [0.1, 0.15) is 5.82 Å². The molecule has 21 heavy (non-hydrogen) atoms. The van der Waals surface area contributed by atoms with Gasteiger partial charge in [0.25, 0.3) is 0 Å². The fourth-order valence-corrected chi connectivity index (χ4v) is 2.02. The van der Waals surface area contributed by atoms with Crippen molar-refractivity contribution in [2.45, 2.75) is 0 Å². The van der Waals surface area contributed by atoms with Gasteiger partial charge in [-0.2, -0.15) is 0 Å². The highest BCUT2D eigenvalue weighted by Crippen LogP contribution is 2.19. The minimum atomic E-state index is -0.346. The van der Waals surface area contributed by atoms with E-state index in [4.69, 9.17) is 16.0 Å². The van der Waals surface area contributed by atoms with Crippen LogP contribution in [0.3, 0.4) is 0 Å². The zero-order valence-corrected chi connectivity index (χ0v) is 11.6. The summed E-state index contributed by atoms with van der Waals surface area (Å²) < 4.78 is 18.6. The van der Waals surface area contributed by atoms with Crippen molar-refractivity contribution in [3.05, 3.63) is 70.8 Å². The Balaban J connectivity index is 1.82. The maximum Gasteiger partial charge on any atom is 0.248 e. The zero-order valence-electron chi connectivity index (χ0n) is 10.8. The molecule has 0 saturated carbocycles. The van der Waals surface area contributed by atoms with Crippen molar-refractivity contribution in [1.29, 1.82) is 0 Å². The predicted molar refractivity (Wildman–Crippen MR) is 80.1 cm³/mol. The van der Waals surface area contributed by atoms with Gasteiger partial charge in [-0.1, -0.05) is 29.8 Å². The summed E-state index contributed by atoms with van der Waals surface area (Å²) in [5, 5.41) is 8.45. The molecular weight excluding hydrogens is 291 g/mol. The third kappa shape index (κ3) is 3.35. The summed E-state index contributed by atoms with van der Waals surface area (Å²) >= 11 is 5.90. The molecule has 3 rings (SSSR count). The van der Waals surface area contributed by atoms with Crippen LogP contribution in [0.1, 0.15) is 11.5 Å². The van der Waals surface area contributed by atoms with Crippen molar-refractivity contribution >= 4 is 23.8 Å². The minimum absolute atomic E-state index is 0.278. The Labute approximate surface area is 125 Å². The molecule has 0 fully saturated rings. The van der Waals surface area contributed by atoms with E-state index in [1.165, 1.54) is 12.1 Å². The lowest BCUT2D eigenvalue weighted by Gasteiger charge is -1.94. The van der Waals surface area contributed by atoms with Crippen LogP contribution in [0.2, 0.25) is 5.02 Å². The highest BCUT2D eigenvalue weighted by Gasteiger charge is 2.07. The minimum Gasteiger partial charge on any atom is -0.417 e. The molecule has 0 atom stereocenters. The van der Waals surface area contributed by atoms with Gasteiger partial charge in [-0.05, 0) is 42.0 Å². The van der Waals surface area contributed by atoms with Crippen molar-refractivity contribution in [2.24, 2.45) is 0 Å². The number of halogens is 2. The molecule has 1 heterocycles. The summed E-state index contributed by atoms with van der Waals surface area (Å²) in [7, 11) is 0.